The van der Waals surface area contributed by atoms with Crippen LogP contribution >= 0.6 is 0 Å². The minimum atomic E-state index is 0.545. The molecule has 0 aliphatic heterocycles. The Morgan fingerprint density at radius 2 is 1.81 bits per heavy atom. The van der Waals surface area contributed by atoms with Gasteiger partial charge in [-0.1, -0.05) is 48.6 Å². The zero-order chi connectivity index (χ0) is 11.2. The van der Waals surface area contributed by atoms with Crippen LogP contribution in [0.25, 0.3) is 0 Å². The maximum atomic E-state index is 7.68. The first-order valence-corrected chi connectivity index (χ1v) is 5.27. The molecule has 0 unspecified atom stereocenters. The lowest BCUT2D eigenvalue weighted by Gasteiger charge is -2.06. The molecule has 0 spiro atoms. The average molecular weight is 210 g/mol. The van der Waals surface area contributed by atoms with Crippen LogP contribution in [-0.2, 0) is 6.54 Å². The number of benzene rings is 1. The van der Waals surface area contributed by atoms with Gasteiger partial charge in [-0.15, -0.1) is 0 Å². The Kier molecular flexibility index (Phi) is 3.34. The molecule has 0 amide bonds. The van der Waals surface area contributed by atoms with Crippen molar-refractivity contribution < 1.29 is 0 Å². The molecule has 1 aromatic carbocycles. The molecule has 1 aliphatic rings. The molecular weight excluding hydrogens is 196 g/mol. The number of nitrogens with one attached hydrogen (secondary N) is 2. The van der Waals surface area contributed by atoms with Gasteiger partial charge in [-0.05, 0) is 11.6 Å². The van der Waals surface area contributed by atoms with Crippen LogP contribution in [0.1, 0.15) is 5.56 Å². The standard InChI is InChI=1S/C14H14N2/c15-14-9-5-4-8-13(14)11-16-10-12-6-2-1-3-7-12/h1-9,11,15-16H,10H2/b13-11-,15-14?. The second kappa shape index (κ2) is 5.12. The molecule has 2 heteroatoms. The number of hydrogen-bond donors (Lipinski definition) is 2. The molecule has 1 aliphatic carbocycles. The lowest BCUT2D eigenvalue weighted by molar-refractivity contribution is 0.867. The summed E-state index contributed by atoms with van der Waals surface area (Å²) in [5.74, 6) is 0. The third kappa shape index (κ3) is 2.70. The summed E-state index contributed by atoms with van der Waals surface area (Å²) in [6.07, 6.45) is 9.41. The summed E-state index contributed by atoms with van der Waals surface area (Å²) in [4.78, 5) is 0. The lowest BCUT2D eigenvalue weighted by Crippen LogP contribution is -2.08. The van der Waals surface area contributed by atoms with Crippen LogP contribution in [0, 0.1) is 5.41 Å². The minimum Gasteiger partial charge on any atom is -0.386 e. The molecule has 2 N–H and O–H groups in total. The van der Waals surface area contributed by atoms with Crippen molar-refractivity contribution in [1.82, 2.24) is 5.32 Å². The van der Waals surface area contributed by atoms with E-state index in [0.29, 0.717) is 5.71 Å². The first-order valence-electron chi connectivity index (χ1n) is 5.27. The van der Waals surface area contributed by atoms with Crippen LogP contribution in [0.5, 0.6) is 0 Å². The van der Waals surface area contributed by atoms with Crippen molar-refractivity contribution in [3.8, 4) is 0 Å². The monoisotopic (exact) mass is 210 g/mol. The van der Waals surface area contributed by atoms with Gasteiger partial charge in [-0.3, -0.25) is 0 Å². The largest absolute Gasteiger partial charge is 0.386 e. The molecule has 0 bridgehead atoms. The van der Waals surface area contributed by atoms with Gasteiger partial charge in [-0.2, -0.15) is 0 Å². The van der Waals surface area contributed by atoms with Crippen molar-refractivity contribution in [2.45, 2.75) is 6.54 Å². The van der Waals surface area contributed by atoms with Gasteiger partial charge in [0.2, 0.25) is 0 Å². The first kappa shape index (κ1) is 10.4. The van der Waals surface area contributed by atoms with Crippen LogP contribution in [0.15, 0.2) is 66.4 Å². The molecule has 80 valence electrons. The zero-order valence-corrected chi connectivity index (χ0v) is 8.98. The third-order valence-corrected chi connectivity index (χ3v) is 2.37. The van der Waals surface area contributed by atoms with E-state index >= 15 is 0 Å². The van der Waals surface area contributed by atoms with Gasteiger partial charge in [0.1, 0.15) is 0 Å². The summed E-state index contributed by atoms with van der Waals surface area (Å²) < 4.78 is 0. The predicted molar refractivity (Wildman–Crippen MR) is 67.4 cm³/mol. The summed E-state index contributed by atoms with van der Waals surface area (Å²) >= 11 is 0. The Morgan fingerprint density at radius 1 is 1.06 bits per heavy atom. The van der Waals surface area contributed by atoms with Gasteiger partial charge >= 0.3 is 0 Å². The van der Waals surface area contributed by atoms with Crippen molar-refractivity contribution in [3.05, 3.63) is 72.0 Å². The Hall–Kier alpha value is -2.09. The summed E-state index contributed by atoms with van der Waals surface area (Å²) in [5.41, 5.74) is 2.70. The molecule has 16 heavy (non-hydrogen) atoms. The van der Waals surface area contributed by atoms with Crippen LogP contribution in [-0.4, -0.2) is 5.71 Å². The van der Waals surface area contributed by atoms with E-state index in [1.54, 1.807) is 6.08 Å². The van der Waals surface area contributed by atoms with Crippen molar-refractivity contribution >= 4 is 5.71 Å². The van der Waals surface area contributed by atoms with E-state index in [0.717, 1.165) is 12.1 Å². The van der Waals surface area contributed by atoms with Gasteiger partial charge in [0.15, 0.2) is 0 Å². The third-order valence-electron chi connectivity index (χ3n) is 2.37. The molecule has 0 atom stereocenters. The average Bonchev–Trinajstić information content (AvgIpc) is 2.33. The quantitative estimate of drug-likeness (QED) is 0.790. The molecule has 1 aromatic rings. The summed E-state index contributed by atoms with van der Waals surface area (Å²) in [5, 5.41) is 10.9. The molecular formula is C14H14N2. The van der Waals surface area contributed by atoms with Crippen molar-refractivity contribution in [2.24, 2.45) is 0 Å². The molecule has 0 radical (unpaired) electrons. The Morgan fingerprint density at radius 3 is 2.56 bits per heavy atom. The highest BCUT2D eigenvalue weighted by molar-refractivity contribution is 6.09. The first-order chi connectivity index (χ1) is 7.86. The second-order valence-corrected chi connectivity index (χ2v) is 3.60. The summed E-state index contributed by atoms with van der Waals surface area (Å²) in [7, 11) is 0. The van der Waals surface area contributed by atoms with Gasteiger partial charge in [0.05, 0.1) is 5.71 Å². The van der Waals surface area contributed by atoms with E-state index in [4.69, 9.17) is 5.41 Å². The van der Waals surface area contributed by atoms with Crippen molar-refractivity contribution in [2.75, 3.05) is 0 Å². The topological polar surface area (TPSA) is 35.9 Å². The van der Waals surface area contributed by atoms with Crippen molar-refractivity contribution in [1.29, 1.82) is 5.41 Å². The van der Waals surface area contributed by atoms with E-state index in [-0.39, 0.29) is 0 Å². The fraction of sp³-hybridized carbons (Fsp3) is 0.0714. The summed E-state index contributed by atoms with van der Waals surface area (Å²) in [6, 6.07) is 10.2. The van der Waals surface area contributed by atoms with E-state index in [1.165, 1.54) is 5.56 Å². The number of rotatable bonds is 3. The molecule has 0 saturated carbocycles. The van der Waals surface area contributed by atoms with E-state index < -0.39 is 0 Å². The van der Waals surface area contributed by atoms with Crippen LogP contribution < -0.4 is 5.32 Å². The van der Waals surface area contributed by atoms with Crippen molar-refractivity contribution in [3.63, 3.8) is 0 Å². The maximum Gasteiger partial charge on any atom is 0.0626 e. The van der Waals surface area contributed by atoms with Crippen LogP contribution in [0.3, 0.4) is 0 Å². The minimum absolute atomic E-state index is 0.545. The molecule has 0 heterocycles. The highest BCUT2D eigenvalue weighted by Gasteiger charge is 1.99. The molecule has 0 aromatic heterocycles. The van der Waals surface area contributed by atoms with Gasteiger partial charge in [0, 0.05) is 18.3 Å². The highest BCUT2D eigenvalue weighted by Crippen LogP contribution is 2.05. The molecule has 0 fully saturated rings. The molecule has 0 saturated heterocycles. The van der Waals surface area contributed by atoms with E-state index in [2.05, 4.69) is 17.4 Å². The Labute approximate surface area is 95.5 Å². The predicted octanol–water partition coefficient (Wildman–Crippen LogP) is 2.81. The normalized spacial score (nSPS) is 16.8. The fourth-order valence-corrected chi connectivity index (χ4v) is 1.50. The van der Waals surface area contributed by atoms with Crippen LogP contribution in [0.4, 0.5) is 0 Å². The highest BCUT2D eigenvalue weighted by atomic mass is 14.8. The second-order valence-electron chi connectivity index (χ2n) is 3.60. The Balaban J connectivity index is 1.93. The Bertz CT molecular complexity index is 453. The smallest absolute Gasteiger partial charge is 0.0626 e. The van der Waals surface area contributed by atoms with Gasteiger partial charge < -0.3 is 10.7 Å². The maximum absolute atomic E-state index is 7.68. The van der Waals surface area contributed by atoms with Gasteiger partial charge in [0.25, 0.3) is 0 Å². The number of allylic oxidation sites excluding steroid dienone is 5. The van der Waals surface area contributed by atoms with E-state index in [1.807, 2.05) is 42.6 Å². The van der Waals surface area contributed by atoms with Crippen LogP contribution in [0.2, 0.25) is 0 Å². The summed E-state index contributed by atoms with van der Waals surface area (Å²) in [6.45, 7) is 0.787. The molecule has 2 rings (SSSR count). The number of hydrogen-bond acceptors (Lipinski definition) is 2. The SMILES string of the molecule is N=C1C=CC=C/C1=C/NCc1ccccc1. The zero-order valence-electron chi connectivity index (χ0n) is 8.98. The fourth-order valence-electron chi connectivity index (χ4n) is 1.50. The van der Waals surface area contributed by atoms with E-state index in [9.17, 15) is 0 Å². The lowest BCUT2D eigenvalue weighted by atomic mass is 10.1. The van der Waals surface area contributed by atoms with Gasteiger partial charge in [-0.25, -0.2) is 0 Å². The molecule has 2 nitrogen and oxygen atoms in total.